The van der Waals surface area contributed by atoms with Crippen molar-refractivity contribution < 1.29 is 0 Å². The first kappa shape index (κ1) is 8.89. The van der Waals surface area contributed by atoms with Crippen LogP contribution in [0.1, 0.15) is 39.0 Å². The van der Waals surface area contributed by atoms with Crippen LogP contribution in [0.15, 0.2) is 0 Å². The maximum atomic E-state index is 3.75. The topological polar surface area (TPSA) is 12.0 Å². The van der Waals surface area contributed by atoms with Crippen molar-refractivity contribution in [1.82, 2.24) is 5.32 Å². The molecule has 1 spiro atoms. The van der Waals surface area contributed by atoms with E-state index < -0.39 is 0 Å². The van der Waals surface area contributed by atoms with Gasteiger partial charge in [0.15, 0.2) is 0 Å². The summed E-state index contributed by atoms with van der Waals surface area (Å²) < 4.78 is 0. The Kier molecular flexibility index (Phi) is 2.66. The van der Waals surface area contributed by atoms with Gasteiger partial charge in [-0.2, -0.15) is 0 Å². The van der Waals surface area contributed by atoms with Crippen LogP contribution < -0.4 is 5.32 Å². The van der Waals surface area contributed by atoms with Crippen molar-refractivity contribution in [2.24, 2.45) is 5.92 Å². The predicted molar refractivity (Wildman–Crippen MR) is 55.4 cm³/mol. The number of thioether (sulfide) groups is 1. The highest BCUT2D eigenvalue weighted by molar-refractivity contribution is 8.00. The molecular formula is C10H19NS. The predicted octanol–water partition coefficient (Wildman–Crippen LogP) is 2.62. The molecular weight excluding hydrogens is 166 g/mol. The number of rotatable bonds is 0. The van der Waals surface area contributed by atoms with Crippen molar-refractivity contribution in [3.63, 3.8) is 0 Å². The van der Waals surface area contributed by atoms with Gasteiger partial charge in [-0.3, -0.25) is 0 Å². The maximum absolute atomic E-state index is 3.75. The second-order valence-electron chi connectivity index (χ2n) is 4.35. The fourth-order valence-corrected chi connectivity index (χ4v) is 3.70. The molecule has 0 aromatic heterocycles. The Morgan fingerprint density at radius 1 is 1.25 bits per heavy atom. The molecule has 1 atom stereocenters. The first-order chi connectivity index (χ1) is 5.81. The minimum absolute atomic E-state index is 0.505. The van der Waals surface area contributed by atoms with Crippen LogP contribution in [0.5, 0.6) is 0 Å². The molecule has 1 nitrogen and oxygen atoms in total. The Labute approximate surface area is 79.7 Å². The van der Waals surface area contributed by atoms with E-state index in [2.05, 4.69) is 24.0 Å². The smallest absolute Gasteiger partial charge is 0.0645 e. The molecule has 0 aromatic carbocycles. The Bertz CT molecular complexity index is 142. The molecule has 1 saturated carbocycles. The Morgan fingerprint density at radius 3 is 2.58 bits per heavy atom. The number of hydrogen-bond acceptors (Lipinski definition) is 2. The van der Waals surface area contributed by atoms with Crippen molar-refractivity contribution in [2.75, 3.05) is 12.3 Å². The molecule has 1 saturated heterocycles. The van der Waals surface area contributed by atoms with E-state index in [0.29, 0.717) is 4.87 Å². The van der Waals surface area contributed by atoms with Crippen LogP contribution in [-0.4, -0.2) is 17.2 Å². The van der Waals surface area contributed by atoms with E-state index in [1.54, 1.807) is 0 Å². The molecule has 1 N–H and O–H groups in total. The van der Waals surface area contributed by atoms with Crippen LogP contribution in [0.2, 0.25) is 0 Å². The van der Waals surface area contributed by atoms with Gasteiger partial charge in [0.25, 0.3) is 0 Å². The largest absolute Gasteiger partial charge is 0.303 e. The summed E-state index contributed by atoms with van der Waals surface area (Å²) >= 11 is 2.18. The van der Waals surface area contributed by atoms with Gasteiger partial charge < -0.3 is 5.32 Å². The van der Waals surface area contributed by atoms with Crippen LogP contribution in [0.25, 0.3) is 0 Å². The summed E-state index contributed by atoms with van der Waals surface area (Å²) in [6.07, 6.45) is 7.15. The first-order valence-electron chi connectivity index (χ1n) is 5.20. The molecule has 1 aliphatic carbocycles. The van der Waals surface area contributed by atoms with Gasteiger partial charge in [-0.1, -0.05) is 26.2 Å². The van der Waals surface area contributed by atoms with Crippen LogP contribution in [0.4, 0.5) is 0 Å². The Hall–Kier alpha value is 0.310. The van der Waals surface area contributed by atoms with Crippen molar-refractivity contribution in [2.45, 2.75) is 43.9 Å². The third-order valence-corrected chi connectivity index (χ3v) is 4.92. The summed E-state index contributed by atoms with van der Waals surface area (Å²) in [5.74, 6) is 2.25. The van der Waals surface area contributed by atoms with Gasteiger partial charge in [-0.25, -0.2) is 0 Å². The molecule has 2 heteroatoms. The van der Waals surface area contributed by atoms with Crippen molar-refractivity contribution >= 4 is 11.8 Å². The summed E-state index contributed by atoms with van der Waals surface area (Å²) in [6.45, 7) is 3.59. The fourth-order valence-electron chi connectivity index (χ4n) is 2.22. The lowest BCUT2D eigenvalue weighted by Crippen LogP contribution is -2.49. The molecule has 1 heterocycles. The van der Waals surface area contributed by atoms with E-state index in [-0.39, 0.29) is 0 Å². The molecule has 2 fully saturated rings. The standard InChI is InChI=1S/C10H19NS/c1-9-7-11-10(12-8-9)5-3-2-4-6-10/h9,11H,2-8H2,1H3. The number of hydrogen-bond donors (Lipinski definition) is 1. The molecule has 0 amide bonds. The van der Waals surface area contributed by atoms with E-state index in [1.165, 1.54) is 44.4 Å². The van der Waals surface area contributed by atoms with Crippen LogP contribution in [0.3, 0.4) is 0 Å². The summed E-state index contributed by atoms with van der Waals surface area (Å²) in [5.41, 5.74) is 0. The maximum Gasteiger partial charge on any atom is 0.0645 e. The summed E-state index contributed by atoms with van der Waals surface area (Å²) in [5, 5.41) is 3.75. The molecule has 70 valence electrons. The van der Waals surface area contributed by atoms with Gasteiger partial charge in [0.05, 0.1) is 4.87 Å². The van der Waals surface area contributed by atoms with E-state index in [4.69, 9.17) is 0 Å². The Balaban J connectivity index is 1.92. The average molecular weight is 185 g/mol. The summed E-state index contributed by atoms with van der Waals surface area (Å²) in [4.78, 5) is 0.505. The first-order valence-corrected chi connectivity index (χ1v) is 6.18. The SMILES string of the molecule is CC1CNC2(CCCCC2)SC1. The fraction of sp³-hybridized carbons (Fsp3) is 1.00. The summed E-state index contributed by atoms with van der Waals surface area (Å²) in [6, 6.07) is 0. The molecule has 12 heavy (non-hydrogen) atoms. The monoisotopic (exact) mass is 185 g/mol. The van der Waals surface area contributed by atoms with Crippen LogP contribution >= 0.6 is 11.8 Å². The molecule has 1 aliphatic heterocycles. The van der Waals surface area contributed by atoms with Crippen molar-refractivity contribution in [3.8, 4) is 0 Å². The molecule has 0 radical (unpaired) electrons. The van der Waals surface area contributed by atoms with Gasteiger partial charge in [0.1, 0.15) is 0 Å². The minimum Gasteiger partial charge on any atom is -0.303 e. The lowest BCUT2D eigenvalue weighted by molar-refractivity contribution is 0.313. The third-order valence-electron chi connectivity index (χ3n) is 3.08. The van der Waals surface area contributed by atoms with Gasteiger partial charge in [-0.15, -0.1) is 11.8 Å². The third kappa shape index (κ3) is 1.80. The second kappa shape index (κ2) is 3.59. The van der Waals surface area contributed by atoms with Gasteiger partial charge in [0.2, 0.25) is 0 Å². The van der Waals surface area contributed by atoms with E-state index in [9.17, 15) is 0 Å². The second-order valence-corrected chi connectivity index (χ2v) is 5.76. The summed E-state index contributed by atoms with van der Waals surface area (Å²) in [7, 11) is 0. The van der Waals surface area contributed by atoms with E-state index in [0.717, 1.165) is 5.92 Å². The minimum atomic E-state index is 0.505. The van der Waals surface area contributed by atoms with Gasteiger partial charge >= 0.3 is 0 Å². The molecule has 0 bridgehead atoms. The lowest BCUT2D eigenvalue weighted by Gasteiger charge is -2.42. The molecule has 0 aromatic rings. The zero-order chi connectivity index (χ0) is 8.44. The van der Waals surface area contributed by atoms with Crippen LogP contribution in [-0.2, 0) is 0 Å². The van der Waals surface area contributed by atoms with Gasteiger partial charge in [-0.05, 0) is 31.1 Å². The lowest BCUT2D eigenvalue weighted by atomic mass is 9.94. The van der Waals surface area contributed by atoms with Crippen LogP contribution in [0, 0.1) is 5.92 Å². The van der Waals surface area contributed by atoms with Gasteiger partial charge in [0, 0.05) is 0 Å². The highest BCUT2D eigenvalue weighted by Crippen LogP contribution is 2.40. The molecule has 1 unspecified atom stereocenters. The zero-order valence-corrected chi connectivity index (χ0v) is 8.75. The highest BCUT2D eigenvalue weighted by atomic mass is 32.2. The normalized spacial score (nSPS) is 35.2. The quantitative estimate of drug-likeness (QED) is 0.622. The zero-order valence-electron chi connectivity index (χ0n) is 7.94. The average Bonchev–Trinajstić information content (AvgIpc) is 2.13. The highest BCUT2D eigenvalue weighted by Gasteiger charge is 2.35. The number of nitrogens with one attached hydrogen (secondary N) is 1. The molecule has 2 aliphatic rings. The van der Waals surface area contributed by atoms with Crippen molar-refractivity contribution in [3.05, 3.63) is 0 Å². The van der Waals surface area contributed by atoms with E-state index in [1.807, 2.05) is 0 Å². The van der Waals surface area contributed by atoms with E-state index >= 15 is 0 Å². The van der Waals surface area contributed by atoms with Crippen molar-refractivity contribution in [1.29, 1.82) is 0 Å². The Morgan fingerprint density at radius 2 is 2.00 bits per heavy atom. The molecule has 2 rings (SSSR count).